The molecule has 1 aromatic rings. The van der Waals surface area contributed by atoms with Gasteiger partial charge in [-0.3, -0.25) is 9.69 Å². The quantitative estimate of drug-likeness (QED) is 0.818. The summed E-state index contributed by atoms with van der Waals surface area (Å²) in [5.41, 5.74) is 0.876. The van der Waals surface area contributed by atoms with Crippen LogP contribution in [0.15, 0.2) is 30.3 Å². The summed E-state index contributed by atoms with van der Waals surface area (Å²) >= 11 is 0. The fraction of sp³-hybridized carbons (Fsp3) is 0.462. The van der Waals surface area contributed by atoms with Crippen LogP contribution in [-0.2, 0) is 11.3 Å². The monoisotopic (exact) mass is 254 g/mol. The number of hydrogen-bond acceptors (Lipinski definition) is 2. The van der Waals surface area contributed by atoms with Crippen LogP contribution >= 0.6 is 0 Å². The van der Waals surface area contributed by atoms with Gasteiger partial charge in [-0.25, -0.2) is 8.78 Å². The summed E-state index contributed by atoms with van der Waals surface area (Å²) in [6, 6.07) is 8.21. The summed E-state index contributed by atoms with van der Waals surface area (Å²) < 4.78 is 26.0. The van der Waals surface area contributed by atoms with Gasteiger partial charge < -0.3 is 4.90 Å². The molecule has 3 nitrogen and oxygen atoms in total. The Morgan fingerprint density at radius 2 is 2.00 bits per heavy atom. The van der Waals surface area contributed by atoms with Gasteiger partial charge >= 0.3 is 0 Å². The highest BCUT2D eigenvalue weighted by Gasteiger charge is 2.36. The summed E-state index contributed by atoms with van der Waals surface area (Å²) in [5, 5.41) is 0. The van der Waals surface area contributed by atoms with Gasteiger partial charge in [-0.2, -0.15) is 0 Å². The molecular formula is C13H16F2N2O. The van der Waals surface area contributed by atoms with Crippen molar-refractivity contribution in [3.05, 3.63) is 35.9 Å². The number of benzene rings is 1. The van der Waals surface area contributed by atoms with Gasteiger partial charge in [0, 0.05) is 13.1 Å². The third kappa shape index (κ3) is 2.85. The molecule has 0 aliphatic carbocycles. The number of rotatable bonds is 3. The second kappa shape index (κ2) is 5.44. The molecule has 1 fully saturated rings. The number of likely N-dealkylation sites (N-methyl/N-ethyl adjacent to an activating group) is 1. The van der Waals surface area contributed by atoms with Gasteiger partial charge in [0.05, 0.1) is 6.54 Å². The number of hydrogen-bond donors (Lipinski definition) is 0. The van der Waals surface area contributed by atoms with Crippen LogP contribution in [0.2, 0.25) is 0 Å². The lowest BCUT2D eigenvalue weighted by molar-refractivity contribution is -0.145. The van der Waals surface area contributed by atoms with E-state index in [2.05, 4.69) is 0 Å². The van der Waals surface area contributed by atoms with Crippen molar-refractivity contribution in [3.8, 4) is 0 Å². The molecule has 0 N–H and O–H groups in total. The number of carbonyl (C=O) groups excluding carboxylic acids is 1. The number of piperazine rings is 1. The third-order valence-electron chi connectivity index (χ3n) is 3.11. The van der Waals surface area contributed by atoms with Crippen LogP contribution in [0.3, 0.4) is 0 Å². The van der Waals surface area contributed by atoms with Crippen LogP contribution in [0.4, 0.5) is 8.78 Å². The van der Waals surface area contributed by atoms with Crippen LogP contribution in [0, 0.1) is 0 Å². The summed E-state index contributed by atoms with van der Waals surface area (Å²) in [6.45, 7) is 0.675. The Morgan fingerprint density at radius 1 is 1.33 bits per heavy atom. The van der Waals surface area contributed by atoms with Gasteiger partial charge in [-0.1, -0.05) is 30.3 Å². The van der Waals surface area contributed by atoms with Crippen LogP contribution in [0.25, 0.3) is 0 Å². The van der Waals surface area contributed by atoms with E-state index in [1.165, 1.54) is 4.90 Å². The van der Waals surface area contributed by atoms with Gasteiger partial charge in [0.2, 0.25) is 5.91 Å². The predicted octanol–water partition coefficient (Wildman–Crippen LogP) is 1.59. The molecule has 0 bridgehead atoms. The first-order valence-electron chi connectivity index (χ1n) is 5.88. The van der Waals surface area contributed by atoms with Crippen LogP contribution < -0.4 is 0 Å². The molecule has 1 atom stereocenters. The van der Waals surface area contributed by atoms with E-state index in [0.717, 1.165) is 5.56 Å². The zero-order valence-electron chi connectivity index (χ0n) is 10.2. The molecule has 1 aliphatic heterocycles. The fourth-order valence-corrected chi connectivity index (χ4v) is 2.19. The fourth-order valence-electron chi connectivity index (χ4n) is 2.19. The molecule has 1 aromatic carbocycles. The molecule has 0 radical (unpaired) electrons. The molecular weight excluding hydrogens is 238 g/mol. The number of carbonyl (C=O) groups is 1. The minimum Gasteiger partial charge on any atom is -0.327 e. The molecule has 0 unspecified atom stereocenters. The Balaban J connectivity index is 2.15. The number of amides is 1. The first-order chi connectivity index (χ1) is 8.58. The van der Waals surface area contributed by atoms with Crippen molar-refractivity contribution >= 4 is 5.91 Å². The molecule has 18 heavy (non-hydrogen) atoms. The molecule has 1 aliphatic rings. The van der Waals surface area contributed by atoms with E-state index in [4.69, 9.17) is 0 Å². The summed E-state index contributed by atoms with van der Waals surface area (Å²) in [7, 11) is 1.69. The van der Waals surface area contributed by atoms with Crippen LogP contribution in [-0.4, -0.2) is 48.3 Å². The topological polar surface area (TPSA) is 23.6 Å². The van der Waals surface area contributed by atoms with Crippen molar-refractivity contribution in [2.24, 2.45) is 0 Å². The van der Waals surface area contributed by atoms with E-state index in [1.807, 2.05) is 30.3 Å². The van der Waals surface area contributed by atoms with E-state index in [0.29, 0.717) is 0 Å². The number of nitrogens with zero attached hydrogens (tertiary/aromatic N) is 2. The molecule has 1 heterocycles. The first kappa shape index (κ1) is 13.0. The zero-order valence-corrected chi connectivity index (χ0v) is 10.2. The maximum absolute atomic E-state index is 13.0. The Labute approximate surface area is 105 Å². The van der Waals surface area contributed by atoms with Crippen molar-refractivity contribution in [3.63, 3.8) is 0 Å². The molecule has 0 spiro atoms. The maximum Gasteiger partial charge on any atom is 0.259 e. The predicted molar refractivity (Wildman–Crippen MR) is 64.3 cm³/mol. The lowest BCUT2D eigenvalue weighted by Gasteiger charge is -2.39. The highest BCUT2D eigenvalue weighted by atomic mass is 19.3. The highest BCUT2D eigenvalue weighted by Crippen LogP contribution is 2.19. The summed E-state index contributed by atoms with van der Waals surface area (Å²) in [6.07, 6.45) is -2.51. The maximum atomic E-state index is 13.0. The second-order valence-corrected chi connectivity index (χ2v) is 4.61. The van der Waals surface area contributed by atoms with Crippen molar-refractivity contribution < 1.29 is 13.6 Å². The summed E-state index contributed by atoms with van der Waals surface area (Å²) in [4.78, 5) is 14.8. The van der Waals surface area contributed by atoms with E-state index >= 15 is 0 Å². The zero-order chi connectivity index (χ0) is 13.1. The minimum absolute atomic E-state index is 0.204. The average molecular weight is 254 g/mol. The smallest absolute Gasteiger partial charge is 0.259 e. The van der Waals surface area contributed by atoms with Crippen LogP contribution in [0.1, 0.15) is 5.56 Å². The van der Waals surface area contributed by atoms with Crippen LogP contribution in [0.5, 0.6) is 0 Å². The van der Waals surface area contributed by atoms with Gasteiger partial charge in [0.25, 0.3) is 6.43 Å². The number of alkyl halides is 2. The highest BCUT2D eigenvalue weighted by molar-refractivity contribution is 5.79. The van der Waals surface area contributed by atoms with Gasteiger partial charge in [-0.15, -0.1) is 0 Å². The Bertz CT molecular complexity index is 411. The van der Waals surface area contributed by atoms with Crippen molar-refractivity contribution in [1.82, 2.24) is 9.80 Å². The van der Waals surface area contributed by atoms with Gasteiger partial charge in [0.1, 0.15) is 6.04 Å². The van der Waals surface area contributed by atoms with E-state index in [1.54, 1.807) is 11.9 Å². The van der Waals surface area contributed by atoms with Gasteiger partial charge in [0.15, 0.2) is 0 Å². The van der Waals surface area contributed by atoms with Crippen molar-refractivity contribution in [1.29, 1.82) is 0 Å². The number of halogens is 2. The lowest BCUT2D eigenvalue weighted by atomic mass is 10.1. The SMILES string of the molecule is CN1CC(=O)N(Cc2ccccc2)[C@H](C(F)F)C1. The third-order valence-corrected chi connectivity index (χ3v) is 3.11. The summed E-state index contributed by atoms with van der Waals surface area (Å²) in [5.74, 6) is -0.238. The van der Waals surface area contributed by atoms with E-state index < -0.39 is 12.5 Å². The second-order valence-electron chi connectivity index (χ2n) is 4.61. The normalized spacial score (nSPS) is 21.7. The van der Waals surface area contributed by atoms with Crippen molar-refractivity contribution in [2.45, 2.75) is 19.0 Å². The first-order valence-corrected chi connectivity index (χ1v) is 5.88. The average Bonchev–Trinajstić information content (AvgIpc) is 2.33. The van der Waals surface area contributed by atoms with E-state index in [9.17, 15) is 13.6 Å². The molecule has 1 amide bonds. The molecule has 2 rings (SSSR count). The molecule has 0 aromatic heterocycles. The minimum atomic E-state index is -2.51. The molecule has 98 valence electrons. The Kier molecular flexibility index (Phi) is 3.91. The molecule has 1 saturated heterocycles. The standard InChI is InChI=1S/C13H16F2N2O/c1-16-8-11(13(14)15)17(12(18)9-16)7-10-5-3-2-4-6-10/h2-6,11,13H,7-9H2,1H3/t11-/m0/s1. The largest absolute Gasteiger partial charge is 0.327 e. The van der Waals surface area contributed by atoms with Gasteiger partial charge in [-0.05, 0) is 12.6 Å². The van der Waals surface area contributed by atoms with E-state index in [-0.39, 0.29) is 25.5 Å². The Hall–Kier alpha value is -1.49. The Morgan fingerprint density at radius 3 is 2.61 bits per heavy atom. The lowest BCUT2D eigenvalue weighted by Crippen LogP contribution is -2.57. The molecule has 5 heteroatoms. The van der Waals surface area contributed by atoms with Crippen molar-refractivity contribution in [2.75, 3.05) is 20.1 Å². The molecule has 0 saturated carbocycles.